The number of nitrogens with zero attached hydrogens (tertiary/aromatic N) is 1. The van der Waals surface area contributed by atoms with Crippen molar-refractivity contribution in [2.45, 2.75) is 68.7 Å². The van der Waals surface area contributed by atoms with Crippen LogP contribution in [0.3, 0.4) is 0 Å². The smallest absolute Gasteiger partial charge is 0.338 e. The number of rotatable bonds is 7. The van der Waals surface area contributed by atoms with Crippen LogP contribution in [0.5, 0.6) is 0 Å². The Morgan fingerprint density at radius 1 is 1.10 bits per heavy atom. The Morgan fingerprint density at radius 3 is 2.54 bits per heavy atom. The number of esters is 1. The Balaban J connectivity index is 1.41. The maximum Gasteiger partial charge on any atom is 0.338 e. The summed E-state index contributed by atoms with van der Waals surface area (Å²) in [6.07, 6.45) is 1.36. The first-order valence-corrected chi connectivity index (χ1v) is 14.8. The van der Waals surface area contributed by atoms with Gasteiger partial charge in [-0.25, -0.2) is 4.79 Å². The third kappa shape index (κ3) is 3.08. The molecular weight excluding hydrogens is 498 g/mol. The molecule has 6 fully saturated rings. The molecule has 8 nitrogen and oxygen atoms in total. The summed E-state index contributed by atoms with van der Waals surface area (Å²) in [6, 6.07) is 9.09. The summed E-state index contributed by atoms with van der Waals surface area (Å²) < 4.78 is 24.8. The Kier molecular flexibility index (Phi) is 6.06. The second-order valence-corrected chi connectivity index (χ2v) is 13.3. The molecule has 0 amide bonds. The molecular formula is C31H43NO7. The van der Waals surface area contributed by atoms with Crippen LogP contribution in [-0.4, -0.2) is 98.2 Å². The van der Waals surface area contributed by atoms with Crippen molar-refractivity contribution in [1.82, 2.24) is 4.90 Å². The zero-order chi connectivity index (χ0) is 27.3. The lowest BCUT2D eigenvalue weighted by Gasteiger charge is -2.68. The molecule has 39 heavy (non-hydrogen) atoms. The lowest BCUT2D eigenvalue weighted by molar-refractivity contribution is -0.272. The molecule has 214 valence electrons. The van der Waals surface area contributed by atoms with E-state index in [-0.39, 0.29) is 59.2 Å². The van der Waals surface area contributed by atoms with E-state index in [2.05, 4.69) is 11.8 Å². The highest BCUT2D eigenvalue weighted by Crippen LogP contribution is 2.79. The monoisotopic (exact) mass is 541 g/mol. The van der Waals surface area contributed by atoms with E-state index in [0.717, 1.165) is 25.9 Å². The number of aliphatic hydroxyl groups is 2. The van der Waals surface area contributed by atoms with E-state index in [1.807, 2.05) is 18.2 Å². The summed E-state index contributed by atoms with van der Waals surface area (Å²) in [4.78, 5) is 15.9. The predicted molar refractivity (Wildman–Crippen MR) is 142 cm³/mol. The highest BCUT2D eigenvalue weighted by molar-refractivity contribution is 5.89. The van der Waals surface area contributed by atoms with Crippen LogP contribution < -0.4 is 0 Å². The molecule has 7 rings (SSSR count). The molecule has 13 atom stereocenters. The highest BCUT2D eigenvalue weighted by Gasteiger charge is 2.86. The summed E-state index contributed by atoms with van der Waals surface area (Å²) in [7, 11) is 5.24. The molecule has 0 aromatic heterocycles. The first-order chi connectivity index (χ1) is 18.8. The van der Waals surface area contributed by atoms with Gasteiger partial charge in [0.1, 0.15) is 6.10 Å². The van der Waals surface area contributed by atoms with Gasteiger partial charge in [0.25, 0.3) is 0 Å². The second kappa shape index (κ2) is 8.97. The predicted octanol–water partition coefficient (Wildman–Crippen LogP) is 2.37. The fourth-order valence-corrected chi connectivity index (χ4v) is 11.6. The third-order valence-corrected chi connectivity index (χ3v) is 12.3. The molecule has 5 aliphatic carbocycles. The first kappa shape index (κ1) is 26.4. The fourth-order valence-electron chi connectivity index (χ4n) is 11.6. The number of methoxy groups -OCH3 is 3. The summed E-state index contributed by atoms with van der Waals surface area (Å²) in [6.45, 7) is 4.51. The van der Waals surface area contributed by atoms with Gasteiger partial charge in [0, 0.05) is 74.8 Å². The molecule has 1 aliphatic heterocycles. The molecule has 7 bridgehead atoms. The van der Waals surface area contributed by atoms with E-state index in [4.69, 9.17) is 18.9 Å². The Morgan fingerprint density at radius 2 is 1.87 bits per heavy atom. The lowest BCUT2D eigenvalue weighted by Crippen LogP contribution is -2.76. The van der Waals surface area contributed by atoms with Gasteiger partial charge in [-0.05, 0) is 43.9 Å². The molecule has 2 unspecified atom stereocenters. The van der Waals surface area contributed by atoms with Gasteiger partial charge in [-0.2, -0.15) is 0 Å². The van der Waals surface area contributed by atoms with Crippen molar-refractivity contribution in [1.29, 1.82) is 0 Å². The number of carbonyl (C=O) groups is 1. The number of ether oxygens (including phenoxy) is 4. The number of hydrogen-bond acceptors (Lipinski definition) is 8. The summed E-state index contributed by atoms with van der Waals surface area (Å²) in [5.41, 5.74) is -1.28. The molecule has 6 aliphatic rings. The molecule has 0 radical (unpaired) electrons. The number of fused-ring (bicyclic) bond motifs is 2. The van der Waals surface area contributed by atoms with Gasteiger partial charge in [0.05, 0.1) is 36.1 Å². The third-order valence-electron chi connectivity index (χ3n) is 12.3. The minimum Gasteiger partial charge on any atom is -0.458 e. The van der Waals surface area contributed by atoms with Gasteiger partial charge in [0.2, 0.25) is 0 Å². The van der Waals surface area contributed by atoms with E-state index in [0.29, 0.717) is 25.0 Å². The van der Waals surface area contributed by atoms with Gasteiger partial charge in [-0.3, -0.25) is 4.90 Å². The second-order valence-electron chi connectivity index (χ2n) is 13.3. The minimum absolute atomic E-state index is 0.0104. The van der Waals surface area contributed by atoms with Crippen LogP contribution in [0, 0.1) is 40.4 Å². The molecule has 5 saturated carbocycles. The van der Waals surface area contributed by atoms with Gasteiger partial charge in [0.15, 0.2) is 0 Å². The normalized spacial score (nSPS) is 51.1. The van der Waals surface area contributed by atoms with Crippen molar-refractivity contribution in [2.24, 2.45) is 40.4 Å². The van der Waals surface area contributed by atoms with Crippen LogP contribution in [-0.2, 0) is 18.9 Å². The van der Waals surface area contributed by atoms with Gasteiger partial charge in [-0.15, -0.1) is 0 Å². The van der Waals surface area contributed by atoms with Crippen LogP contribution in [0.1, 0.15) is 43.0 Å². The fraction of sp³-hybridized carbons (Fsp3) is 0.774. The molecule has 1 saturated heterocycles. The van der Waals surface area contributed by atoms with Crippen molar-refractivity contribution in [3.8, 4) is 0 Å². The Hall–Kier alpha value is -1.55. The van der Waals surface area contributed by atoms with E-state index >= 15 is 0 Å². The standard InChI is InChI=1S/C31H43NO7/c1-5-32-15-29(16-36-2)12-11-21(33)31-19-13-18-20(37-3)14-30(35,23(27(31)32)25(38-4)26(29)31)22(19)24(18)39-28(34)17-9-7-6-8-10-17/h6-10,18-27,33,35H,5,11-16H2,1-4H3/t18-,19-,20+,21+,22-,23?,24+,25+,26-,27?,29+,30-,31+/m1/s1. The van der Waals surface area contributed by atoms with Gasteiger partial charge < -0.3 is 29.2 Å². The van der Waals surface area contributed by atoms with Crippen LogP contribution in [0.2, 0.25) is 0 Å². The minimum atomic E-state index is -1.15. The van der Waals surface area contributed by atoms with Crippen LogP contribution in [0.25, 0.3) is 0 Å². The maximum absolute atomic E-state index is 13.4. The van der Waals surface area contributed by atoms with Crippen molar-refractivity contribution >= 4 is 5.97 Å². The molecule has 2 N–H and O–H groups in total. The number of benzene rings is 1. The number of piperidine rings is 1. The molecule has 1 aromatic carbocycles. The van der Waals surface area contributed by atoms with Gasteiger partial charge >= 0.3 is 5.97 Å². The number of likely N-dealkylation sites (tertiary alicyclic amines) is 1. The van der Waals surface area contributed by atoms with Crippen LogP contribution >= 0.6 is 0 Å². The summed E-state index contributed by atoms with van der Waals surface area (Å²) in [5.74, 6) is -0.869. The first-order valence-electron chi connectivity index (χ1n) is 14.8. The van der Waals surface area contributed by atoms with Crippen molar-refractivity contribution in [3.63, 3.8) is 0 Å². The summed E-state index contributed by atoms with van der Waals surface area (Å²) in [5, 5.41) is 25.2. The molecule has 1 heterocycles. The van der Waals surface area contributed by atoms with Gasteiger partial charge in [-0.1, -0.05) is 25.1 Å². The quantitative estimate of drug-likeness (QED) is 0.508. The maximum atomic E-state index is 13.4. The SMILES string of the molecule is CCN1C[C@]2(COC)CC[C@H](O)[C@]34C1C([C@H](OC)[C@H]23)[C@@]1(O)C[C@H](OC)[C@H]2C[C@@H]4[C@@H]1[C@H]2OC(=O)c1ccccc1. The topological polar surface area (TPSA) is 97.7 Å². The largest absolute Gasteiger partial charge is 0.458 e. The summed E-state index contributed by atoms with van der Waals surface area (Å²) >= 11 is 0. The zero-order valence-corrected chi connectivity index (χ0v) is 23.5. The number of carbonyl (C=O) groups excluding carboxylic acids is 1. The number of hydrogen-bond donors (Lipinski definition) is 2. The molecule has 1 spiro atoms. The van der Waals surface area contributed by atoms with E-state index in [1.54, 1.807) is 33.5 Å². The van der Waals surface area contributed by atoms with Crippen molar-refractivity contribution in [2.75, 3.05) is 41.0 Å². The highest BCUT2D eigenvalue weighted by atomic mass is 16.6. The Bertz CT molecular complexity index is 1120. The Labute approximate surface area is 230 Å². The lowest BCUT2D eigenvalue weighted by atomic mass is 9.43. The average Bonchev–Trinajstić information content (AvgIpc) is 3.38. The van der Waals surface area contributed by atoms with E-state index in [1.165, 1.54) is 0 Å². The number of aliphatic hydroxyl groups excluding tert-OH is 1. The van der Waals surface area contributed by atoms with Crippen LogP contribution in [0.4, 0.5) is 0 Å². The van der Waals surface area contributed by atoms with E-state index in [9.17, 15) is 15.0 Å². The molecule has 8 heteroatoms. The van der Waals surface area contributed by atoms with Crippen molar-refractivity contribution < 1.29 is 34.0 Å². The molecule has 1 aromatic rings. The van der Waals surface area contributed by atoms with E-state index < -0.39 is 23.2 Å². The van der Waals surface area contributed by atoms with Crippen molar-refractivity contribution in [3.05, 3.63) is 35.9 Å². The average molecular weight is 542 g/mol. The zero-order valence-electron chi connectivity index (χ0n) is 23.5. The van der Waals surface area contributed by atoms with Crippen LogP contribution in [0.15, 0.2) is 30.3 Å².